The number of anilines is 1. The van der Waals surface area contributed by atoms with Crippen LogP contribution in [0.25, 0.3) is 0 Å². The first kappa shape index (κ1) is 16.0. The van der Waals surface area contributed by atoms with Gasteiger partial charge in [0.25, 0.3) is 5.91 Å². The van der Waals surface area contributed by atoms with Crippen LogP contribution in [0, 0.1) is 0 Å². The summed E-state index contributed by atoms with van der Waals surface area (Å²) in [5.74, 6) is -0.127. The van der Waals surface area contributed by atoms with Crippen LogP contribution in [-0.4, -0.2) is 22.3 Å². The Labute approximate surface area is 151 Å². The predicted octanol–water partition coefficient (Wildman–Crippen LogP) is 3.77. The van der Waals surface area contributed by atoms with Crippen LogP contribution in [0.5, 0.6) is 0 Å². The molecule has 0 spiro atoms. The Hall–Kier alpha value is -3.47. The van der Waals surface area contributed by atoms with Gasteiger partial charge in [0, 0.05) is 11.8 Å². The largest absolute Gasteiger partial charge is 0.360 e. The third-order valence-corrected chi connectivity index (χ3v) is 4.37. The maximum atomic E-state index is 13.0. The van der Waals surface area contributed by atoms with Crippen LogP contribution >= 0.6 is 0 Å². The Bertz CT molecular complexity index is 988. The Kier molecular flexibility index (Phi) is 4.19. The number of carbonyl (C=O) groups is 1. The van der Waals surface area contributed by atoms with Crippen molar-refractivity contribution in [2.24, 2.45) is 10.2 Å². The Balaban J connectivity index is 1.69. The van der Waals surface area contributed by atoms with Crippen molar-refractivity contribution in [3.63, 3.8) is 0 Å². The molecule has 1 N–H and O–H groups in total. The molecule has 0 unspecified atom stereocenters. The molecule has 0 aliphatic carbocycles. The maximum absolute atomic E-state index is 13.0. The quantitative estimate of drug-likeness (QED) is 0.569. The fourth-order valence-corrected chi connectivity index (χ4v) is 3.02. The van der Waals surface area contributed by atoms with Crippen molar-refractivity contribution in [2.75, 3.05) is 4.90 Å². The molecular weight excluding hydrogens is 324 g/mol. The molecule has 3 aromatic rings. The molecule has 0 saturated heterocycles. The van der Waals surface area contributed by atoms with Gasteiger partial charge in [0.15, 0.2) is 5.71 Å². The van der Waals surface area contributed by atoms with E-state index in [0.29, 0.717) is 12.3 Å². The monoisotopic (exact) mass is 342 g/mol. The standard InChI is InChI=1S/C21H18N4O/c1-15(18-11-7-13-22-18)23-24-20-17-10-5-6-12-19(17)25(21(20)26)14-16-8-3-2-4-9-16/h2-13,22H,14H2,1H3/b23-15+,24-20-. The zero-order valence-corrected chi connectivity index (χ0v) is 14.4. The molecule has 1 aliphatic rings. The third kappa shape index (κ3) is 2.95. The number of aromatic nitrogens is 1. The lowest BCUT2D eigenvalue weighted by atomic mass is 10.1. The van der Waals surface area contributed by atoms with Gasteiger partial charge in [0.05, 0.1) is 23.6 Å². The second-order valence-electron chi connectivity index (χ2n) is 6.11. The molecule has 0 atom stereocenters. The lowest BCUT2D eigenvalue weighted by Gasteiger charge is -2.16. The molecule has 1 aliphatic heterocycles. The molecule has 0 bridgehead atoms. The molecule has 4 rings (SSSR count). The fourth-order valence-electron chi connectivity index (χ4n) is 3.02. The van der Waals surface area contributed by atoms with Crippen molar-refractivity contribution in [2.45, 2.75) is 13.5 Å². The van der Waals surface area contributed by atoms with Crippen LogP contribution in [0.15, 0.2) is 83.1 Å². The number of amides is 1. The molecule has 2 heterocycles. The summed E-state index contributed by atoms with van der Waals surface area (Å²) < 4.78 is 0. The van der Waals surface area contributed by atoms with E-state index in [1.54, 1.807) is 4.90 Å². The summed E-state index contributed by atoms with van der Waals surface area (Å²) in [7, 11) is 0. The van der Waals surface area contributed by atoms with Gasteiger partial charge >= 0.3 is 0 Å². The van der Waals surface area contributed by atoms with E-state index >= 15 is 0 Å². The number of rotatable bonds is 4. The maximum Gasteiger partial charge on any atom is 0.279 e. The van der Waals surface area contributed by atoms with Gasteiger partial charge in [-0.15, -0.1) is 5.10 Å². The van der Waals surface area contributed by atoms with E-state index in [-0.39, 0.29) is 5.91 Å². The smallest absolute Gasteiger partial charge is 0.279 e. The number of carbonyl (C=O) groups excluding carboxylic acids is 1. The summed E-state index contributed by atoms with van der Waals surface area (Å²) in [5.41, 5.74) is 4.75. The predicted molar refractivity (Wildman–Crippen MR) is 104 cm³/mol. The van der Waals surface area contributed by atoms with Crippen LogP contribution in [0.2, 0.25) is 0 Å². The van der Waals surface area contributed by atoms with Crippen molar-refractivity contribution in [3.8, 4) is 0 Å². The number of fused-ring (bicyclic) bond motifs is 1. The normalized spacial score (nSPS) is 15.6. The minimum Gasteiger partial charge on any atom is -0.360 e. The molecule has 0 saturated carbocycles. The van der Waals surface area contributed by atoms with Crippen molar-refractivity contribution in [3.05, 3.63) is 89.7 Å². The number of hydrogen-bond acceptors (Lipinski definition) is 3. The molecule has 1 amide bonds. The molecule has 26 heavy (non-hydrogen) atoms. The van der Waals surface area contributed by atoms with E-state index in [4.69, 9.17) is 0 Å². The summed E-state index contributed by atoms with van der Waals surface area (Å²) in [6, 6.07) is 21.5. The number of hydrogen-bond donors (Lipinski definition) is 1. The Morgan fingerprint density at radius 1 is 1.00 bits per heavy atom. The van der Waals surface area contributed by atoms with Crippen LogP contribution in [-0.2, 0) is 11.3 Å². The highest BCUT2D eigenvalue weighted by Gasteiger charge is 2.33. The number of benzene rings is 2. The molecular formula is C21H18N4O. The van der Waals surface area contributed by atoms with E-state index in [1.807, 2.05) is 79.9 Å². The van der Waals surface area contributed by atoms with Crippen molar-refractivity contribution < 1.29 is 4.79 Å². The number of nitrogens with one attached hydrogen (secondary N) is 1. The first-order valence-corrected chi connectivity index (χ1v) is 8.45. The van der Waals surface area contributed by atoms with Crippen LogP contribution in [0.4, 0.5) is 5.69 Å². The molecule has 128 valence electrons. The highest BCUT2D eigenvalue weighted by atomic mass is 16.2. The van der Waals surface area contributed by atoms with Crippen LogP contribution in [0.1, 0.15) is 23.7 Å². The van der Waals surface area contributed by atoms with E-state index in [0.717, 1.165) is 28.2 Å². The number of nitrogens with zero attached hydrogens (tertiary/aromatic N) is 3. The van der Waals surface area contributed by atoms with Crippen LogP contribution in [0.3, 0.4) is 0 Å². The fraction of sp³-hybridized carbons (Fsp3) is 0.0952. The van der Waals surface area contributed by atoms with Gasteiger partial charge in [-0.25, -0.2) is 0 Å². The summed E-state index contributed by atoms with van der Waals surface area (Å²) >= 11 is 0. The summed E-state index contributed by atoms with van der Waals surface area (Å²) in [6.45, 7) is 2.37. The lowest BCUT2D eigenvalue weighted by Crippen LogP contribution is -2.29. The third-order valence-electron chi connectivity index (χ3n) is 4.37. The minimum atomic E-state index is -0.127. The topological polar surface area (TPSA) is 60.8 Å². The highest BCUT2D eigenvalue weighted by molar-refractivity contribution is 6.54. The molecule has 5 heteroatoms. The Morgan fingerprint density at radius 3 is 2.54 bits per heavy atom. The van der Waals surface area contributed by atoms with Gasteiger partial charge in [-0.05, 0) is 30.7 Å². The molecule has 0 fully saturated rings. The summed E-state index contributed by atoms with van der Waals surface area (Å²) in [5, 5.41) is 8.55. The van der Waals surface area contributed by atoms with Gasteiger partial charge in [-0.1, -0.05) is 48.5 Å². The first-order chi connectivity index (χ1) is 12.7. The number of para-hydroxylation sites is 1. The van der Waals surface area contributed by atoms with Gasteiger partial charge in [-0.3, -0.25) is 4.79 Å². The van der Waals surface area contributed by atoms with Crippen molar-refractivity contribution >= 4 is 23.0 Å². The second-order valence-corrected chi connectivity index (χ2v) is 6.11. The van der Waals surface area contributed by atoms with Gasteiger partial charge < -0.3 is 9.88 Å². The van der Waals surface area contributed by atoms with Gasteiger partial charge in [-0.2, -0.15) is 5.10 Å². The zero-order valence-electron chi connectivity index (χ0n) is 14.4. The summed E-state index contributed by atoms with van der Waals surface area (Å²) in [6.07, 6.45) is 1.83. The first-order valence-electron chi connectivity index (χ1n) is 8.45. The van der Waals surface area contributed by atoms with Gasteiger partial charge in [0.1, 0.15) is 0 Å². The molecule has 2 aromatic carbocycles. The second kappa shape index (κ2) is 6.80. The number of H-pyrrole nitrogens is 1. The van der Waals surface area contributed by atoms with Crippen molar-refractivity contribution in [1.29, 1.82) is 0 Å². The highest BCUT2D eigenvalue weighted by Crippen LogP contribution is 2.30. The van der Waals surface area contributed by atoms with E-state index in [2.05, 4.69) is 15.2 Å². The van der Waals surface area contributed by atoms with E-state index in [1.165, 1.54) is 0 Å². The lowest BCUT2D eigenvalue weighted by molar-refractivity contribution is -0.112. The zero-order chi connectivity index (χ0) is 17.9. The molecule has 5 nitrogen and oxygen atoms in total. The van der Waals surface area contributed by atoms with Crippen LogP contribution < -0.4 is 4.90 Å². The molecule has 1 aromatic heterocycles. The number of aromatic amines is 1. The Morgan fingerprint density at radius 2 is 1.77 bits per heavy atom. The summed E-state index contributed by atoms with van der Waals surface area (Å²) in [4.78, 5) is 17.8. The van der Waals surface area contributed by atoms with Crippen molar-refractivity contribution in [1.82, 2.24) is 4.98 Å². The molecule has 0 radical (unpaired) electrons. The SMILES string of the molecule is C/C(=N\N=C1/C(=O)N(Cc2ccccc2)c2ccccc21)c1ccc[nH]1. The minimum absolute atomic E-state index is 0.127. The van der Waals surface area contributed by atoms with E-state index in [9.17, 15) is 4.79 Å². The van der Waals surface area contributed by atoms with E-state index < -0.39 is 0 Å². The average molecular weight is 342 g/mol. The average Bonchev–Trinajstić information content (AvgIpc) is 3.29. The van der Waals surface area contributed by atoms with Gasteiger partial charge in [0.2, 0.25) is 0 Å².